The zero-order chi connectivity index (χ0) is 14.6. The smallest absolute Gasteiger partial charge is 0.390 e. The Labute approximate surface area is 103 Å². The highest BCUT2D eigenvalue weighted by Crippen LogP contribution is 2.28. The summed E-state index contributed by atoms with van der Waals surface area (Å²) < 4.78 is 37.4. The van der Waals surface area contributed by atoms with E-state index in [-0.39, 0.29) is 5.56 Å². The van der Waals surface area contributed by atoms with Crippen molar-refractivity contribution in [3.05, 3.63) is 44.2 Å². The van der Waals surface area contributed by atoms with Gasteiger partial charge in [-0.3, -0.25) is 4.79 Å². The molecule has 0 aliphatic carbocycles. The number of halogens is 3. The molecule has 1 rings (SSSR count). The summed E-state index contributed by atoms with van der Waals surface area (Å²) in [6, 6.07) is 0.433. The van der Waals surface area contributed by atoms with Crippen molar-refractivity contribution in [1.29, 1.82) is 0 Å². The van der Waals surface area contributed by atoms with Crippen LogP contribution in [0.2, 0.25) is 0 Å². The van der Waals surface area contributed by atoms with Crippen molar-refractivity contribution in [3.63, 3.8) is 0 Å². The monoisotopic (exact) mass is 278 g/mol. The summed E-state index contributed by atoms with van der Waals surface area (Å²) in [5.41, 5.74) is 4.84. The minimum Gasteiger partial charge on any atom is -0.390 e. The van der Waals surface area contributed by atoms with Crippen LogP contribution >= 0.6 is 0 Å². The number of H-pyrrole nitrogens is 1. The van der Waals surface area contributed by atoms with Gasteiger partial charge < -0.3 is 15.2 Å². The summed E-state index contributed by atoms with van der Waals surface area (Å²) in [6.45, 7) is -0.516. The van der Waals surface area contributed by atoms with Crippen LogP contribution in [0.4, 0.5) is 13.2 Å². The number of pyridine rings is 1. The molecule has 104 valence electrons. The first-order valence-electron chi connectivity index (χ1n) is 4.94. The lowest BCUT2D eigenvalue weighted by Crippen LogP contribution is -2.25. The van der Waals surface area contributed by atoms with Crippen molar-refractivity contribution in [1.82, 2.24) is 4.98 Å². The molecule has 1 aromatic rings. The van der Waals surface area contributed by atoms with Crippen LogP contribution in [0.25, 0.3) is 10.4 Å². The number of aliphatic hydroxyl groups is 2. The molecule has 1 aromatic heterocycles. The van der Waals surface area contributed by atoms with E-state index in [0.29, 0.717) is 6.07 Å². The second-order valence-electron chi connectivity index (χ2n) is 3.60. The number of nitrogens with one attached hydrogen (secondary N) is 1. The van der Waals surface area contributed by atoms with Crippen molar-refractivity contribution in [2.75, 3.05) is 6.54 Å². The van der Waals surface area contributed by atoms with E-state index in [1.54, 1.807) is 0 Å². The number of alkyl halides is 3. The molecule has 0 bridgehead atoms. The fourth-order valence-electron chi connectivity index (χ4n) is 1.32. The molecule has 2 atom stereocenters. The lowest BCUT2D eigenvalue weighted by Gasteiger charge is -2.17. The summed E-state index contributed by atoms with van der Waals surface area (Å²) >= 11 is 0. The molecule has 2 unspecified atom stereocenters. The van der Waals surface area contributed by atoms with Crippen molar-refractivity contribution >= 4 is 0 Å². The van der Waals surface area contributed by atoms with E-state index in [2.05, 4.69) is 10.0 Å². The summed E-state index contributed by atoms with van der Waals surface area (Å²) in [5, 5.41) is 21.9. The molecule has 0 saturated heterocycles. The summed E-state index contributed by atoms with van der Waals surface area (Å²) in [4.78, 5) is 15.2. The molecule has 0 spiro atoms. The average molecular weight is 278 g/mol. The molecule has 7 nitrogen and oxygen atoms in total. The van der Waals surface area contributed by atoms with Gasteiger partial charge in [0.2, 0.25) is 0 Å². The normalized spacial score (nSPS) is 14.6. The molecule has 19 heavy (non-hydrogen) atoms. The standard InChI is InChI=1S/C9H9F3N4O3/c10-9(11,12)5-1-4(2-14-8(5)19)7(18)6(17)3-15-16-13/h1-2,6-7,17-18H,3H2,(H,14,19). The molecule has 0 saturated carbocycles. The minimum absolute atomic E-state index is 0.340. The van der Waals surface area contributed by atoms with Crippen molar-refractivity contribution in [2.24, 2.45) is 5.11 Å². The first kappa shape index (κ1) is 15.0. The van der Waals surface area contributed by atoms with Crippen molar-refractivity contribution in [2.45, 2.75) is 18.4 Å². The maximum Gasteiger partial charge on any atom is 0.421 e. The third kappa shape index (κ3) is 3.71. The van der Waals surface area contributed by atoms with Gasteiger partial charge in [0.15, 0.2) is 0 Å². The zero-order valence-electron chi connectivity index (χ0n) is 9.29. The number of nitrogens with zero attached hydrogens (tertiary/aromatic N) is 3. The number of aromatic nitrogens is 1. The molecule has 10 heteroatoms. The first-order chi connectivity index (χ1) is 8.77. The van der Waals surface area contributed by atoms with Crippen LogP contribution in [-0.4, -0.2) is 27.8 Å². The third-order valence-electron chi connectivity index (χ3n) is 2.27. The van der Waals surface area contributed by atoms with Crippen molar-refractivity contribution in [3.8, 4) is 0 Å². The van der Waals surface area contributed by atoms with Gasteiger partial charge in [0.25, 0.3) is 5.56 Å². The minimum atomic E-state index is -4.88. The van der Waals surface area contributed by atoms with Gasteiger partial charge in [0, 0.05) is 11.1 Å². The van der Waals surface area contributed by atoms with Crippen LogP contribution in [0.1, 0.15) is 17.2 Å². The van der Waals surface area contributed by atoms with Crippen LogP contribution in [0.15, 0.2) is 22.2 Å². The van der Waals surface area contributed by atoms with E-state index >= 15 is 0 Å². The maximum absolute atomic E-state index is 12.5. The Bertz CT molecular complexity index is 550. The number of aliphatic hydroxyl groups excluding tert-OH is 2. The van der Waals surface area contributed by atoms with Crippen molar-refractivity contribution < 1.29 is 23.4 Å². The van der Waals surface area contributed by atoms with Crippen LogP contribution in [0, 0.1) is 0 Å². The topological polar surface area (TPSA) is 122 Å². The number of hydrogen-bond donors (Lipinski definition) is 3. The highest BCUT2D eigenvalue weighted by atomic mass is 19.4. The number of aromatic amines is 1. The highest BCUT2D eigenvalue weighted by molar-refractivity contribution is 5.23. The van der Waals surface area contributed by atoms with Gasteiger partial charge in [-0.1, -0.05) is 5.11 Å². The summed E-state index contributed by atoms with van der Waals surface area (Å²) in [7, 11) is 0. The average Bonchev–Trinajstić information content (AvgIpc) is 2.34. The van der Waals surface area contributed by atoms with Crippen LogP contribution in [-0.2, 0) is 6.18 Å². The predicted molar refractivity (Wildman–Crippen MR) is 57.0 cm³/mol. The Kier molecular flexibility index (Phi) is 4.54. The molecule has 0 amide bonds. The van der Waals surface area contributed by atoms with Gasteiger partial charge in [-0.25, -0.2) is 0 Å². The summed E-state index contributed by atoms with van der Waals surface area (Å²) in [6.07, 6.45) is -7.33. The third-order valence-corrected chi connectivity index (χ3v) is 2.27. The second-order valence-corrected chi connectivity index (χ2v) is 3.60. The molecular weight excluding hydrogens is 269 g/mol. The zero-order valence-corrected chi connectivity index (χ0v) is 9.29. The van der Waals surface area contributed by atoms with Crippen LogP contribution < -0.4 is 5.56 Å². The number of rotatable bonds is 4. The molecule has 3 N–H and O–H groups in total. The molecule has 0 aliphatic rings. The number of azide groups is 1. The van der Waals surface area contributed by atoms with Gasteiger partial charge >= 0.3 is 6.18 Å². The fraction of sp³-hybridized carbons (Fsp3) is 0.444. The van der Waals surface area contributed by atoms with Crippen LogP contribution in [0.5, 0.6) is 0 Å². The largest absolute Gasteiger partial charge is 0.421 e. The molecule has 1 heterocycles. The van der Waals surface area contributed by atoms with Crippen LogP contribution in [0.3, 0.4) is 0 Å². The lowest BCUT2D eigenvalue weighted by atomic mass is 10.0. The van der Waals surface area contributed by atoms with E-state index in [4.69, 9.17) is 5.53 Å². The fourth-order valence-corrected chi connectivity index (χ4v) is 1.32. The van der Waals surface area contributed by atoms with Gasteiger partial charge in [-0.15, -0.1) is 0 Å². The Hall–Kier alpha value is -2.03. The molecule has 0 aromatic carbocycles. The van der Waals surface area contributed by atoms with E-state index in [1.807, 2.05) is 4.98 Å². The molecule has 0 radical (unpaired) electrons. The second kappa shape index (κ2) is 5.74. The first-order valence-corrected chi connectivity index (χ1v) is 4.94. The van der Waals surface area contributed by atoms with E-state index < -0.39 is 36.1 Å². The van der Waals surface area contributed by atoms with E-state index in [9.17, 15) is 28.2 Å². The molecule has 0 fully saturated rings. The predicted octanol–water partition coefficient (Wildman–Crippen LogP) is 1.10. The SMILES string of the molecule is [N-]=[N+]=NCC(O)C(O)c1c[nH]c(=O)c(C(F)(F)F)c1. The lowest BCUT2D eigenvalue weighted by molar-refractivity contribution is -0.138. The quantitative estimate of drug-likeness (QED) is 0.434. The Morgan fingerprint density at radius 1 is 1.47 bits per heavy atom. The maximum atomic E-state index is 12.5. The van der Waals surface area contributed by atoms with Gasteiger partial charge in [-0.2, -0.15) is 13.2 Å². The highest BCUT2D eigenvalue weighted by Gasteiger charge is 2.35. The summed E-state index contributed by atoms with van der Waals surface area (Å²) in [5.74, 6) is 0. The number of hydrogen-bond acceptors (Lipinski definition) is 4. The van der Waals surface area contributed by atoms with E-state index in [0.717, 1.165) is 6.20 Å². The van der Waals surface area contributed by atoms with Gasteiger partial charge in [0.05, 0.1) is 12.6 Å². The van der Waals surface area contributed by atoms with Gasteiger partial charge in [-0.05, 0) is 17.2 Å². The Morgan fingerprint density at radius 2 is 2.11 bits per heavy atom. The molecular formula is C9H9F3N4O3. The molecule has 0 aliphatic heterocycles. The Balaban J connectivity index is 3.08. The van der Waals surface area contributed by atoms with E-state index in [1.165, 1.54) is 0 Å². The van der Waals surface area contributed by atoms with Gasteiger partial charge in [0.1, 0.15) is 11.7 Å². The Morgan fingerprint density at radius 3 is 2.63 bits per heavy atom.